The summed E-state index contributed by atoms with van der Waals surface area (Å²) in [5, 5.41) is 11.9. The van der Waals surface area contributed by atoms with Crippen LogP contribution < -0.4 is 5.73 Å². The number of halogens is 2. The maximum atomic E-state index is 13.7. The third-order valence-electron chi connectivity index (χ3n) is 3.76. The second kappa shape index (κ2) is 6.49. The molecule has 0 aliphatic carbocycles. The highest BCUT2D eigenvalue weighted by molar-refractivity contribution is 6.32. The number of tetrazole rings is 1. The van der Waals surface area contributed by atoms with E-state index in [1.54, 1.807) is 24.7 Å². The van der Waals surface area contributed by atoms with Crippen molar-refractivity contribution in [1.29, 1.82) is 0 Å². The minimum absolute atomic E-state index is 0.237. The van der Waals surface area contributed by atoms with Crippen LogP contribution in [0.15, 0.2) is 55.0 Å². The van der Waals surface area contributed by atoms with Gasteiger partial charge in [0.05, 0.1) is 16.3 Å². The minimum atomic E-state index is -0.457. The molecule has 128 valence electrons. The molecule has 7 nitrogen and oxygen atoms in total. The van der Waals surface area contributed by atoms with Gasteiger partial charge in [0.1, 0.15) is 11.6 Å². The number of nitrogens with two attached hydrogens (primary N) is 1. The van der Waals surface area contributed by atoms with Crippen molar-refractivity contribution < 1.29 is 4.39 Å². The summed E-state index contributed by atoms with van der Waals surface area (Å²) in [6, 6.07) is 9.46. The molecule has 0 unspecified atom stereocenters. The number of hydrogen-bond donors (Lipinski definition) is 1. The van der Waals surface area contributed by atoms with Crippen molar-refractivity contribution in [2.75, 3.05) is 5.73 Å². The van der Waals surface area contributed by atoms with Gasteiger partial charge in [-0.3, -0.25) is 4.98 Å². The molecule has 2 N–H and O–H groups in total. The van der Waals surface area contributed by atoms with E-state index in [4.69, 9.17) is 17.3 Å². The molecule has 0 saturated carbocycles. The van der Waals surface area contributed by atoms with Crippen LogP contribution in [0.1, 0.15) is 0 Å². The third-order valence-corrected chi connectivity index (χ3v) is 4.08. The number of nitrogens with zero attached hydrogens (tertiary/aromatic N) is 6. The van der Waals surface area contributed by atoms with Gasteiger partial charge in [0, 0.05) is 35.8 Å². The van der Waals surface area contributed by atoms with E-state index >= 15 is 0 Å². The van der Waals surface area contributed by atoms with Crippen molar-refractivity contribution in [2.24, 2.45) is 0 Å². The Balaban J connectivity index is 1.88. The summed E-state index contributed by atoms with van der Waals surface area (Å²) in [4.78, 5) is 8.32. The fourth-order valence-corrected chi connectivity index (χ4v) is 2.71. The molecule has 1 aromatic carbocycles. The second-order valence-electron chi connectivity index (χ2n) is 5.41. The molecule has 0 radical (unpaired) electrons. The molecule has 0 aliphatic heterocycles. The molecule has 0 fully saturated rings. The molecule has 4 rings (SSSR count). The second-order valence-corrected chi connectivity index (χ2v) is 5.82. The van der Waals surface area contributed by atoms with Gasteiger partial charge in [-0.2, -0.15) is 4.68 Å². The predicted molar refractivity (Wildman–Crippen MR) is 95.0 cm³/mol. The maximum absolute atomic E-state index is 13.7. The lowest BCUT2D eigenvalue weighted by atomic mass is 10.1. The first-order chi connectivity index (χ1) is 12.6. The fourth-order valence-electron chi connectivity index (χ4n) is 2.51. The van der Waals surface area contributed by atoms with E-state index in [2.05, 4.69) is 25.5 Å². The summed E-state index contributed by atoms with van der Waals surface area (Å²) in [5.74, 6) is 0.0792. The Kier molecular flexibility index (Phi) is 4.02. The number of nitrogen functional groups attached to an aromatic ring is 1. The number of hydrogen-bond acceptors (Lipinski definition) is 6. The highest BCUT2D eigenvalue weighted by Gasteiger charge is 2.18. The Morgan fingerprint density at radius 1 is 1.08 bits per heavy atom. The molecule has 0 saturated heterocycles. The summed E-state index contributed by atoms with van der Waals surface area (Å²) in [7, 11) is 0. The van der Waals surface area contributed by atoms with Crippen LogP contribution in [-0.4, -0.2) is 30.2 Å². The van der Waals surface area contributed by atoms with Crippen LogP contribution in [-0.2, 0) is 0 Å². The lowest BCUT2D eigenvalue weighted by Crippen LogP contribution is -2.04. The predicted octanol–water partition coefficient (Wildman–Crippen LogP) is 3.16. The molecular formula is C17H11ClFN7. The zero-order valence-corrected chi connectivity index (χ0v) is 14.0. The first-order valence-electron chi connectivity index (χ1n) is 7.53. The average molecular weight is 368 g/mol. The number of pyridine rings is 2. The Morgan fingerprint density at radius 2 is 1.96 bits per heavy atom. The largest absolute Gasteiger partial charge is 0.383 e. The molecule has 3 aromatic heterocycles. The van der Waals surface area contributed by atoms with Crippen molar-refractivity contribution in [2.45, 2.75) is 0 Å². The molecule has 9 heteroatoms. The van der Waals surface area contributed by atoms with Crippen LogP contribution in [0.4, 0.5) is 10.2 Å². The molecule has 0 aliphatic rings. The molecule has 0 bridgehead atoms. The van der Waals surface area contributed by atoms with E-state index in [1.807, 2.05) is 12.1 Å². The Labute approximate surface area is 152 Å². The summed E-state index contributed by atoms with van der Waals surface area (Å²) in [6.45, 7) is 0. The topological polar surface area (TPSA) is 95.4 Å². The minimum Gasteiger partial charge on any atom is -0.383 e. The smallest absolute Gasteiger partial charge is 0.190 e. The van der Waals surface area contributed by atoms with E-state index in [1.165, 1.54) is 22.9 Å². The van der Waals surface area contributed by atoms with Crippen molar-refractivity contribution in [1.82, 2.24) is 30.2 Å². The summed E-state index contributed by atoms with van der Waals surface area (Å²) in [5.41, 5.74) is 8.49. The van der Waals surface area contributed by atoms with Crippen LogP contribution >= 0.6 is 11.6 Å². The molecule has 0 amide bonds. The van der Waals surface area contributed by atoms with Crippen LogP contribution in [0, 0.1) is 5.82 Å². The van der Waals surface area contributed by atoms with E-state index < -0.39 is 5.82 Å². The van der Waals surface area contributed by atoms with Crippen LogP contribution in [0.25, 0.3) is 28.2 Å². The van der Waals surface area contributed by atoms with Crippen LogP contribution in [0.3, 0.4) is 0 Å². The number of aromatic nitrogens is 6. The van der Waals surface area contributed by atoms with Crippen molar-refractivity contribution in [3.05, 3.63) is 65.8 Å². The van der Waals surface area contributed by atoms with Crippen LogP contribution in [0.5, 0.6) is 0 Å². The highest BCUT2D eigenvalue weighted by Crippen LogP contribution is 2.30. The van der Waals surface area contributed by atoms with Crippen molar-refractivity contribution in [3.8, 4) is 28.2 Å². The van der Waals surface area contributed by atoms with Gasteiger partial charge in [0.25, 0.3) is 0 Å². The van der Waals surface area contributed by atoms with E-state index in [0.717, 1.165) is 11.1 Å². The van der Waals surface area contributed by atoms with Gasteiger partial charge in [-0.05, 0) is 34.7 Å². The fraction of sp³-hybridized carbons (Fsp3) is 0. The lowest BCUT2D eigenvalue weighted by Gasteiger charge is -2.10. The molecule has 26 heavy (non-hydrogen) atoms. The first kappa shape index (κ1) is 16.1. The monoisotopic (exact) mass is 367 g/mol. The number of rotatable bonds is 3. The SMILES string of the molecule is Nc1ncc(-c2cccnc2)cc1-c1nnnn1-c1cc(F)ccc1Cl. The maximum Gasteiger partial charge on any atom is 0.190 e. The number of anilines is 1. The van der Waals surface area contributed by atoms with Crippen LogP contribution in [0.2, 0.25) is 5.02 Å². The Morgan fingerprint density at radius 3 is 2.77 bits per heavy atom. The summed E-state index contributed by atoms with van der Waals surface area (Å²) >= 11 is 6.18. The average Bonchev–Trinajstić information content (AvgIpc) is 3.14. The lowest BCUT2D eigenvalue weighted by molar-refractivity contribution is 0.625. The van der Waals surface area contributed by atoms with Crippen molar-refractivity contribution >= 4 is 17.4 Å². The Bertz CT molecular complexity index is 1080. The highest BCUT2D eigenvalue weighted by atomic mass is 35.5. The Hall–Kier alpha value is -3.39. The van der Waals surface area contributed by atoms with Gasteiger partial charge >= 0.3 is 0 Å². The molecule has 3 heterocycles. The zero-order valence-electron chi connectivity index (χ0n) is 13.2. The summed E-state index contributed by atoms with van der Waals surface area (Å²) in [6.07, 6.45) is 5.03. The van der Waals surface area contributed by atoms with Gasteiger partial charge in [-0.1, -0.05) is 17.7 Å². The molecular weight excluding hydrogens is 357 g/mol. The van der Waals surface area contributed by atoms with E-state index in [-0.39, 0.29) is 5.82 Å². The molecule has 0 spiro atoms. The molecule has 0 atom stereocenters. The van der Waals surface area contributed by atoms with E-state index in [9.17, 15) is 4.39 Å². The normalized spacial score (nSPS) is 10.8. The quantitative estimate of drug-likeness (QED) is 0.597. The summed E-state index contributed by atoms with van der Waals surface area (Å²) < 4.78 is 15.0. The number of benzene rings is 1. The third kappa shape index (κ3) is 2.86. The van der Waals surface area contributed by atoms with Crippen molar-refractivity contribution in [3.63, 3.8) is 0 Å². The first-order valence-corrected chi connectivity index (χ1v) is 7.91. The van der Waals surface area contributed by atoms with Gasteiger partial charge in [-0.15, -0.1) is 5.10 Å². The van der Waals surface area contributed by atoms with E-state index in [0.29, 0.717) is 22.1 Å². The molecule has 4 aromatic rings. The standard InChI is InChI=1S/C17H11ClFN7/c18-14-4-3-12(19)7-15(14)26-17(23-24-25-26)13-6-11(9-22-16(13)20)10-2-1-5-21-8-10/h1-9H,(H2,20,22). The zero-order chi connectivity index (χ0) is 18.1. The van der Waals surface area contributed by atoms with Gasteiger partial charge in [0.2, 0.25) is 0 Å². The van der Waals surface area contributed by atoms with Gasteiger partial charge < -0.3 is 5.73 Å². The van der Waals surface area contributed by atoms with Gasteiger partial charge in [0.15, 0.2) is 5.82 Å². The van der Waals surface area contributed by atoms with Gasteiger partial charge in [-0.25, -0.2) is 9.37 Å².